The number of rotatable bonds is 3. The number of nitrogens with one attached hydrogen (secondary N) is 1. The van der Waals surface area contributed by atoms with Gasteiger partial charge in [-0.1, -0.05) is 11.6 Å². The third-order valence-corrected chi connectivity index (χ3v) is 3.57. The second kappa shape index (κ2) is 6.19. The Kier molecular flexibility index (Phi) is 4.54. The normalized spacial score (nSPS) is 10.2. The van der Waals surface area contributed by atoms with Crippen molar-refractivity contribution in [2.75, 3.05) is 5.32 Å². The van der Waals surface area contributed by atoms with Crippen LogP contribution in [0.25, 0.3) is 0 Å². The van der Waals surface area contributed by atoms with Gasteiger partial charge >= 0.3 is 0 Å². The highest BCUT2D eigenvalue weighted by Crippen LogP contribution is 2.27. The Morgan fingerprint density at radius 2 is 2.00 bits per heavy atom. The largest absolute Gasteiger partial charge is 0.321 e. The molecule has 0 bridgehead atoms. The SMILES string of the molecule is O=C(Nc1ccc(F)cc1Cl)c1ccc(Br)c([N+](=O)[O-])c1. The summed E-state index contributed by atoms with van der Waals surface area (Å²) in [5.41, 5.74) is 0.0757. The summed E-state index contributed by atoms with van der Waals surface area (Å²) in [6.07, 6.45) is 0. The second-order valence-electron chi connectivity index (χ2n) is 4.00. The van der Waals surface area contributed by atoms with E-state index in [-0.39, 0.29) is 26.4 Å². The van der Waals surface area contributed by atoms with Gasteiger partial charge in [-0.25, -0.2) is 4.39 Å². The van der Waals surface area contributed by atoms with Gasteiger partial charge in [-0.05, 0) is 46.3 Å². The summed E-state index contributed by atoms with van der Waals surface area (Å²) >= 11 is 8.83. The molecule has 0 aliphatic carbocycles. The Balaban J connectivity index is 2.28. The van der Waals surface area contributed by atoms with E-state index in [2.05, 4.69) is 21.2 Å². The molecule has 0 saturated heterocycles. The lowest BCUT2D eigenvalue weighted by Crippen LogP contribution is -2.12. The van der Waals surface area contributed by atoms with Crippen molar-refractivity contribution in [3.05, 3.63) is 67.4 Å². The molecule has 0 heterocycles. The molecule has 0 spiro atoms. The van der Waals surface area contributed by atoms with Crippen LogP contribution in [0.4, 0.5) is 15.8 Å². The lowest BCUT2D eigenvalue weighted by atomic mass is 10.2. The summed E-state index contributed by atoms with van der Waals surface area (Å²) in [6, 6.07) is 7.47. The van der Waals surface area contributed by atoms with E-state index in [0.29, 0.717) is 0 Å². The highest BCUT2D eigenvalue weighted by atomic mass is 79.9. The monoisotopic (exact) mass is 372 g/mol. The van der Waals surface area contributed by atoms with Crippen LogP contribution in [-0.2, 0) is 0 Å². The second-order valence-corrected chi connectivity index (χ2v) is 5.26. The predicted molar refractivity (Wildman–Crippen MR) is 80.2 cm³/mol. The minimum Gasteiger partial charge on any atom is -0.321 e. The fourth-order valence-electron chi connectivity index (χ4n) is 1.58. The fourth-order valence-corrected chi connectivity index (χ4v) is 2.19. The Bertz CT molecular complexity index is 739. The number of benzene rings is 2. The number of hydrogen-bond donors (Lipinski definition) is 1. The number of nitro benzene ring substituents is 1. The molecule has 2 aromatic carbocycles. The van der Waals surface area contributed by atoms with Gasteiger partial charge in [0.15, 0.2) is 0 Å². The summed E-state index contributed by atoms with van der Waals surface area (Å²) in [6.45, 7) is 0. The summed E-state index contributed by atoms with van der Waals surface area (Å²) in [7, 11) is 0. The highest BCUT2D eigenvalue weighted by Gasteiger charge is 2.16. The zero-order valence-electron chi connectivity index (χ0n) is 10.3. The molecule has 0 saturated carbocycles. The summed E-state index contributed by atoms with van der Waals surface area (Å²) < 4.78 is 13.2. The topological polar surface area (TPSA) is 72.2 Å². The minimum absolute atomic E-state index is 0.0370. The molecule has 2 rings (SSSR count). The number of halogens is 3. The van der Waals surface area contributed by atoms with Crippen molar-refractivity contribution in [1.82, 2.24) is 0 Å². The number of nitro groups is 1. The molecule has 2 aromatic rings. The van der Waals surface area contributed by atoms with E-state index in [9.17, 15) is 19.3 Å². The maximum Gasteiger partial charge on any atom is 0.284 e. The van der Waals surface area contributed by atoms with Gasteiger partial charge in [-0.2, -0.15) is 0 Å². The summed E-state index contributed by atoms with van der Waals surface area (Å²) in [5, 5.41) is 13.3. The molecule has 0 fully saturated rings. The van der Waals surface area contributed by atoms with E-state index in [1.54, 1.807) is 0 Å². The first-order valence-electron chi connectivity index (χ1n) is 5.59. The average Bonchev–Trinajstić information content (AvgIpc) is 2.42. The van der Waals surface area contributed by atoms with Gasteiger partial charge in [0, 0.05) is 11.6 Å². The molecular weight excluding hydrogens is 367 g/mol. The van der Waals surface area contributed by atoms with Gasteiger partial charge in [0.25, 0.3) is 11.6 Å². The van der Waals surface area contributed by atoms with Crippen molar-refractivity contribution in [2.45, 2.75) is 0 Å². The molecule has 0 aliphatic heterocycles. The smallest absolute Gasteiger partial charge is 0.284 e. The third kappa shape index (κ3) is 3.56. The zero-order valence-corrected chi connectivity index (χ0v) is 12.6. The fraction of sp³-hybridized carbons (Fsp3) is 0. The van der Waals surface area contributed by atoms with Crippen molar-refractivity contribution in [3.63, 3.8) is 0 Å². The first-order chi connectivity index (χ1) is 9.88. The predicted octanol–water partition coefficient (Wildman–Crippen LogP) is 4.40. The molecule has 1 amide bonds. The lowest BCUT2D eigenvalue weighted by Gasteiger charge is -2.07. The maximum atomic E-state index is 12.9. The molecule has 108 valence electrons. The van der Waals surface area contributed by atoms with E-state index >= 15 is 0 Å². The standard InChI is InChI=1S/C13H7BrClFN2O3/c14-9-3-1-7(5-12(9)18(20)21)13(19)17-11-4-2-8(16)6-10(11)15/h1-6H,(H,17,19). The Hall–Kier alpha value is -1.99. The van der Waals surface area contributed by atoms with Crippen LogP contribution in [0, 0.1) is 15.9 Å². The molecule has 0 radical (unpaired) electrons. The molecular formula is C13H7BrClFN2O3. The quantitative estimate of drug-likeness (QED) is 0.640. The van der Waals surface area contributed by atoms with Gasteiger partial charge in [0.1, 0.15) is 5.82 Å². The van der Waals surface area contributed by atoms with Crippen molar-refractivity contribution in [2.24, 2.45) is 0 Å². The van der Waals surface area contributed by atoms with Crippen molar-refractivity contribution in [3.8, 4) is 0 Å². The Labute approximate surface area is 132 Å². The average molecular weight is 374 g/mol. The highest BCUT2D eigenvalue weighted by molar-refractivity contribution is 9.10. The van der Waals surface area contributed by atoms with E-state index in [0.717, 1.165) is 18.2 Å². The van der Waals surface area contributed by atoms with Crippen LogP contribution in [-0.4, -0.2) is 10.8 Å². The van der Waals surface area contributed by atoms with Crippen LogP contribution in [0.2, 0.25) is 5.02 Å². The molecule has 5 nitrogen and oxygen atoms in total. The van der Waals surface area contributed by atoms with Crippen LogP contribution < -0.4 is 5.32 Å². The van der Waals surface area contributed by atoms with Gasteiger partial charge in [-0.15, -0.1) is 0 Å². The lowest BCUT2D eigenvalue weighted by molar-refractivity contribution is -0.385. The molecule has 0 aromatic heterocycles. The zero-order chi connectivity index (χ0) is 15.6. The van der Waals surface area contributed by atoms with E-state index in [1.807, 2.05) is 0 Å². The molecule has 0 atom stereocenters. The molecule has 1 N–H and O–H groups in total. The number of carbonyl (C=O) groups excluding carboxylic acids is 1. The molecule has 21 heavy (non-hydrogen) atoms. The molecule has 0 aliphatic rings. The summed E-state index contributed by atoms with van der Waals surface area (Å²) in [5.74, 6) is -1.11. The third-order valence-electron chi connectivity index (χ3n) is 2.58. The van der Waals surface area contributed by atoms with Crippen LogP contribution >= 0.6 is 27.5 Å². The van der Waals surface area contributed by atoms with E-state index < -0.39 is 16.6 Å². The summed E-state index contributed by atoms with van der Waals surface area (Å²) in [4.78, 5) is 22.3. The van der Waals surface area contributed by atoms with Crippen LogP contribution in [0.3, 0.4) is 0 Å². The number of nitrogens with zero attached hydrogens (tertiary/aromatic N) is 1. The first kappa shape index (κ1) is 15.4. The van der Waals surface area contributed by atoms with Gasteiger partial charge in [-0.3, -0.25) is 14.9 Å². The molecule has 8 heteroatoms. The molecule has 0 unspecified atom stereocenters. The van der Waals surface area contributed by atoms with Crippen molar-refractivity contribution in [1.29, 1.82) is 0 Å². The van der Waals surface area contributed by atoms with Crippen LogP contribution in [0.15, 0.2) is 40.9 Å². The minimum atomic E-state index is -0.605. The van der Waals surface area contributed by atoms with Gasteiger partial charge < -0.3 is 5.32 Å². The number of carbonyl (C=O) groups is 1. The number of anilines is 1. The van der Waals surface area contributed by atoms with Crippen LogP contribution in [0.1, 0.15) is 10.4 Å². The van der Waals surface area contributed by atoms with E-state index in [1.165, 1.54) is 18.2 Å². The first-order valence-corrected chi connectivity index (χ1v) is 6.76. The van der Waals surface area contributed by atoms with Crippen LogP contribution in [0.5, 0.6) is 0 Å². The Morgan fingerprint density at radius 3 is 2.62 bits per heavy atom. The van der Waals surface area contributed by atoms with Crippen molar-refractivity contribution < 1.29 is 14.1 Å². The number of hydrogen-bond acceptors (Lipinski definition) is 3. The maximum absolute atomic E-state index is 12.9. The Morgan fingerprint density at radius 1 is 1.29 bits per heavy atom. The van der Waals surface area contributed by atoms with Crippen molar-refractivity contribution >= 4 is 44.8 Å². The number of amides is 1. The van der Waals surface area contributed by atoms with Gasteiger partial charge in [0.2, 0.25) is 0 Å². The van der Waals surface area contributed by atoms with Gasteiger partial charge in [0.05, 0.1) is 20.1 Å². The van der Waals surface area contributed by atoms with E-state index in [4.69, 9.17) is 11.6 Å².